The average Bonchev–Trinajstić information content (AvgIpc) is 3.33. The molecule has 162 valence electrons. The Bertz CT molecular complexity index is 1290. The number of rotatable bonds is 7. The van der Waals surface area contributed by atoms with E-state index in [9.17, 15) is 4.79 Å². The lowest BCUT2D eigenvalue weighted by Crippen LogP contribution is -2.24. The quantitative estimate of drug-likeness (QED) is 0.255. The second-order valence-electron chi connectivity index (χ2n) is 6.89. The monoisotopic (exact) mass is 450 g/mol. The van der Waals surface area contributed by atoms with Crippen LogP contribution in [-0.2, 0) is 4.79 Å². The number of nitrogens with zero attached hydrogens (tertiary/aromatic N) is 3. The first-order valence-corrected chi connectivity index (χ1v) is 10.0. The number of fused-ring (bicyclic) bond motifs is 1. The van der Waals surface area contributed by atoms with Crippen LogP contribution in [0.15, 0.2) is 64.4 Å². The predicted molar refractivity (Wildman–Crippen MR) is 121 cm³/mol. The van der Waals surface area contributed by atoms with Crippen LogP contribution in [0.1, 0.15) is 11.1 Å². The topological polar surface area (TPSA) is 98.8 Å². The number of amides is 1. The summed E-state index contributed by atoms with van der Waals surface area (Å²) in [5.74, 6) is 1.33. The van der Waals surface area contributed by atoms with Gasteiger partial charge in [-0.2, -0.15) is 5.10 Å². The smallest absolute Gasteiger partial charge is 0.277 e. The van der Waals surface area contributed by atoms with Crippen molar-refractivity contribution in [3.8, 4) is 22.8 Å². The highest BCUT2D eigenvalue weighted by Gasteiger charge is 2.12. The molecule has 32 heavy (non-hydrogen) atoms. The van der Waals surface area contributed by atoms with Gasteiger partial charge in [-0.15, -0.1) is 0 Å². The summed E-state index contributed by atoms with van der Waals surface area (Å²) in [6.07, 6.45) is 2.98. The van der Waals surface area contributed by atoms with Crippen LogP contribution < -0.4 is 14.9 Å². The normalized spacial score (nSPS) is 11.1. The zero-order chi connectivity index (χ0) is 22.5. The van der Waals surface area contributed by atoms with Crippen LogP contribution in [0.2, 0.25) is 5.15 Å². The molecule has 0 saturated heterocycles. The first-order valence-electron chi connectivity index (χ1n) is 9.64. The highest BCUT2D eigenvalue weighted by Crippen LogP contribution is 2.30. The molecule has 0 bridgehead atoms. The number of aryl methyl sites for hydroxylation is 1. The Morgan fingerprint density at radius 3 is 2.88 bits per heavy atom. The van der Waals surface area contributed by atoms with E-state index in [2.05, 4.69) is 20.7 Å². The summed E-state index contributed by atoms with van der Waals surface area (Å²) in [7, 11) is 1.59. The molecule has 4 rings (SSSR count). The van der Waals surface area contributed by atoms with Gasteiger partial charge in [0.25, 0.3) is 5.91 Å². The standard InChI is InChI=1S/C23H19ClN4O4/c1-14-3-6-20(18(9-14)21-7-8-26-32-21)31-13-22(29)28-25-12-16-10-15-11-17(30-2)4-5-19(15)27-23(16)24/h3-12H,13H2,1-2H3,(H,28,29)/b25-12+. The van der Waals surface area contributed by atoms with Crippen molar-refractivity contribution in [2.24, 2.45) is 5.10 Å². The zero-order valence-corrected chi connectivity index (χ0v) is 18.1. The number of hydrogen-bond donors (Lipinski definition) is 1. The number of aromatic nitrogens is 2. The van der Waals surface area contributed by atoms with E-state index in [-0.39, 0.29) is 11.8 Å². The molecule has 2 heterocycles. The van der Waals surface area contributed by atoms with Crippen LogP contribution in [0.3, 0.4) is 0 Å². The van der Waals surface area contributed by atoms with Crippen molar-refractivity contribution >= 4 is 34.6 Å². The summed E-state index contributed by atoms with van der Waals surface area (Å²) in [5, 5.41) is 8.79. The van der Waals surface area contributed by atoms with E-state index in [0.29, 0.717) is 28.4 Å². The number of carbonyl (C=O) groups is 1. The summed E-state index contributed by atoms with van der Waals surface area (Å²) in [6.45, 7) is 1.72. The van der Waals surface area contributed by atoms with Crippen molar-refractivity contribution in [2.45, 2.75) is 6.92 Å². The van der Waals surface area contributed by atoms with Crippen molar-refractivity contribution in [1.82, 2.24) is 15.6 Å². The van der Waals surface area contributed by atoms with E-state index in [1.54, 1.807) is 25.4 Å². The SMILES string of the molecule is COc1ccc2nc(Cl)c(/C=N/NC(=O)COc3ccc(C)cc3-c3ccno3)cc2c1. The van der Waals surface area contributed by atoms with Gasteiger partial charge in [0.05, 0.1) is 30.6 Å². The van der Waals surface area contributed by atoms with Crippen molar-refractivity contribution in [3.05, 3.63) is 71.0 Å². The van der Waals surface area contributed by atoms with Crippen molar-refractivity contribution in [2.75, 3.05) is 13.7 Å². The highest BCUT2D eigenvalue weighted by atomic mass is 35.5. The summed E-state index contributed by atoms with van der Waals surface area (Å²) in [5.41, 5.74) is 5.44. The van der Waals surface area contributed by atoms with Crippen LogP contribution in [0, 0.1) is 6.92 Å². The van der Waals surface area contributed by atoms with E-state index in [1.165, 1.54) is 6.21 Å². The van der Waals surface area contributed by atoms with Gasteiger partial charge < -0.3 is 14.0 Å². The molecule has 8 nitrogen and oxygen atoms in total. The molecule has 2 aromatic heterocycles. The molecule has 9 heteroatoms. The van der Waals surface area contributed by atoms with Gasteiger partial charge >= 0.3 is 0 Å². The van der Waals surface area contributed by atoms with Gasteiger partial charge in [-0.05, 0) is 43.3 Å². The van der Waals surface area contributed by atoms with Gasteiger partial charge in [0, 0.05) is 17.0 Å². The molecule has 0 saturated carbocycles. The highest BCUT2D eigenvalue weighted by molar-refractivity contribution is 6.32. The van der Waals surface area contributed by atoms with E-state index in [1.807, 2.05) is 43.3 Å². The summed E-state index contributed by atoms with van der Waals surface area (Å²) >= 11 is 6.23. The number of ether oxygens (including phenoxy) is 2. The maximum Gasteiger partial charge on any atom is 0.277 e. The third-order valence-electron chi connectivity index (χ3n) is 4.59. The molecule has 0 aliphatic heterocycles. The van der Waals surface area contributed by atoms with Gasteiger partial charge in [-0.3, -0.25) is 4.79 Å². The van der Waals surface area contributed by atoms with E-state index in [4.69, 9.17) is 25.6 Å². The Labute approximate surface area is 188 Å². The van der Waals surface area contributed by atoms with Gasteiger partial charge in [-0.1, -0.05) is 28.4 Å². The lowest BCUT2D eigenvalue weighted by atomic mass is 10.1. The molecule has 0 spiro atoms. The molecule has 0 aliphatic carbocycles. The number of hydrogen-bond acceptors (Lipinski definition) is 7. The summed E-state index contributed by atoms with van der Waals surface area (Å²) in [6, 6.07) is 14.6. The third-order valence-corrected chi connectivity index (χ3v) is 4.90. The average molecular weight is 451 g/mol. The number of methoxy groups -OCH3 is 1. The first kappa shape index (κ1) is 21.3. The van der Waals surface area contributed by atoms with Crippen LogP contribution >= 0.6 is 11.6 Å². The van der Waals surface area contributed by atoms with E-state index < -0.39 is 5.91 Å². The molecule has 1 amide bonds. The van der Waals surface area contributed by atoms with Gasteiger partial charge in [0.15, 0.2) is 12.4 Å². The lowest BCUT2D eigenvalue weighted by Gasteiger charge is -2.10. The molecule has 0 fully saturated rings. The minimum absolute atomic E-state index is 0.234. The third kappa shape index (κ3) is 4.87. The fourth-order valence-electron chi connectivity index (χ4n) is 3.03. The number of pyridine rings is 1. The van der Waals surface area contributed by atoms with Crippen LogP contribution in [0.25, 0.3) is 22.2 Å². The molecule has 0 radical (unpaired) electrons. The second kappa shape index (κ2) is 9.49. The molecular weight excluding hydrogens is 432 g/mol. The first-order chi connectivity index (χ1) is 15.5. The summed E-state index contributed by atoms with van der Waals surface area (Å²) in [4.78, 5) is 16.5. The Morgan fingerprint density at radius 1 is 1.22 bits per heavy atom. The largest absolute Gasteiger partial charge is 0.497 e. The molecule has 0 aliphatic rings. The molecule has 2 aromatic carbocycles. The lowest BCUT2D eigenvalue weighted by molar-refractivity contribution is -0.123. The van der Waals surface area contributed by atoms with Gasteiger partial charge in [0.1, 0.15) is 16.7 Å². The van der Waals surface area contributed by atoms with Crippen LogP contribution in [-0.4, -0.2) is 36.0 Å². The second-order valence-corrected chi connectivity index (χ2v) is 7.24. The Hall–Kier alpha value is -3.91. The number of hydrazone groups is 1. The minimum Gasteiger partial charge on any atom is -0.497 e. The Balaban J connectivity index is 1.41. The van der Waals surface area contributed by atoms with Gasteiger partial charge in [-0.25, -0.2) is 10.4 Å². The molecule has 0 unspecified atom stereocenters. The van der Waals surface area contributed by atoms with Crippen LogP contribution in [0.4, 0.5) is 0 Å². The Morgan fingerprint density at radius 2 is 2.09 bits per heavy atom. The van der Waals surface area contributed by atoms with Crippen LogP contribution in [0.5, 0.6) is 11.5 Å². The molecule has 1 N–H and O–H groups in total. The number of benzene rings is 2. The summed E-state index contributed by atoms with van der Waals surface area (Å²) < 4.78 is 16.1. The fraction of sp³-hybridized carbons (Fsp3) is 0.130. The molecular formula is C23H19ClN4O4. The zero-order valence-electron chi connectivity index (χ0n) is 17.3. The van der Waals surface area contributed by atoms with E-state index in [0.717, 1.165) is 16.5 Å². The predicted octanol–water partition coefficient (Wildman–Crippen LogP) is 4.39. The van der Waals surface area contributed by atoms with Gasteiger partial charge in [0.2, 0.25) is 0 Å². The maximum absolute atomic E-state index is 12.2. The number of carbonyl (C=O) groups excluding carboxylic acids is 1. The van der Waals surface area contributed by atoms with E-state index >= 15 is 0 Å². The minimum atomic E-state index is -0.433. The maximum atomic E-state index is 12.2. The van der Waals surface area contributed by atoms with Crippen molar-refractivity contribution in [1.29, 1.82) is 0 Å². The Kier molecular flexibility index (Phi) is 6.32. The number of nitrogens with one attached hydrogen (secondary N) is 1. The fourth-order valence-corrected chi connectivity index (χ4v) is 3.23. The van der Waals surface area contributed by atoms with Crippen molar-refractivity contribution in [3.63, 3.8) is 0 Å². The molecule has 4 aromatic rings. The number of halogens is 1. The van der Waals surface area contributed by atoms with Crippen molar-refractivity contribution < 1.29 is 18.8 Å². The molecule has 0 atom stereocenters.